The minimum absolute atomic E-state index is 0.106. The number of ether oxygens (including phenoxy) is 1. The molecule has 0 spiro atoms. The fourth-order valence-electron chi connectivity index (χ4n) is 4.90. The molecule has 0 aliphatic carbocycles. The summed E-state index contributed by atoms with van der Waals surface area (Å²) in [6.07, 6.45) is 2.40. The van der Waals surface area contributed by atoms with Crippen molar-refractivity contribution < 1.29 is 23.9 Å². The van der Waals surface area contributed by atoms with Crippen molar-refractivity contribution in [3.63, 3.8) is 0 Å². The largest absolute Gasteiger partial charge is 0.379 e. The second-order valence-electron chi connectivity index (χ2n) is 9.29. The topological polar surface area (TPSA) is 96.0 Å². The first-order chi connectivity index (χ1) is 17.5. The van der Waals surface area contributed by atoms with Crippen molar-refractivity contribution in [2.75, 3.05) is 32.8 Å². The van der Waals surface area contributed by atoms with Crippen molar-refractivity contribution in [2.24, 2.45) is 0 Å². The fourth-order valence-corrected chi connectivity index (χ4v) is 5.93. The fraction of sp³-hybridized carbons (Fsp3) is 0.407. The molecule has 3 aliphatic rings. The number of hydrogen-bond acceptors (Lipinski definition) is 7. The zero-order valence-electron chi connectivity index (χ0n) is 20.0. The van der Waals surface area contributed by atoms with Crippen molar-refractivity contribution in [1.29, 1.82) is 0 Å². The molecule has 0 aromatic heterocycles. The zero-order chi connectivity index (χ0) is 25.1. The van der Waals surface area contributed by atoms with Crippen molar-refractivity contribution in [2.45, 2.75) is 42.4 Å². The van der Waals surface area contributed by atoms with E-state index < -0.39 is 23.8 Å². The van der Waals surface area contributed by atoms with Crippen LogP contribution in [0.1, 0.15) is 51.1 Å². The van der Waals surface area contributed by atoms with Gasteiger partial charge in [0.05, 0.1) is 24.3 Å². The molecule has 188 valence electrons. The molecule has 2 fully saturated rings. The van der Waals surface area contributed by atoms with Crippen LogP contribution in [-0.2, 0) is 26.5 Å². The standard InChI is InChI=1S/C27H29N3O5S/c31-23-11-10-21(25(32)28-23)30-26(33)20-4-1-5-22(24(20)27(30)34)36-17-19-8-6-18(7-9-19)3-2-12-29-13-15-35-16-14-29/h1,4-9,21H,2-3,10-17H2,(H,28,31,32). The van der Waals surface area contributed by atoms with Crippen LogP contribution >= 0.6 is 11.8 Å². The number of nitrogens with zero attached hydrogens (tertiary/aromatic N) is 2. The highest BCUT2D eigenvalue weighted by atomic mass is 32.2. The Hall–Kier alpha value is -3.01. The van der Waals surface area contributed by atoms with Crippen LogP contribution in [0.3, 0.4) is 0 Å². The summed E-state index contributed by atoms with van der Waals surface area (Å²) in [6, 6.07) is 12.8. The summed E-state index contributed by atoms with van der Waals surface area (Å²) in [6.45, 7) is 4.76. The molecule has 9 heteroatoms. The van der Waals surface area contributed by atoms with Gasteiger partial charge in [0.1, 0.15) is 6.04 Å². The maximum Gasteiger partial charge on any atom is 0.263 e. The van der Waals surface area contributed by atoms with E-state index in [0.717, 1.165) is 61.0 Å². The predicted molar refractivity (Wildman–Crippen MR) is 135 cm³/mol. The van der Waals surface area contributed by atoms with Gasteiger partial charge in [-0.15, -0.1) is 11.8 Å². The van der Waals surface area contributed by atoms with Crippen molar-refractivity contribution in [3.05, 3.63) is 64.7 Å². The van der Waals surface area contributed by atoms with Crippen LogP contribution in [0, 0.1) is 0 Å². The SMILES string of the molecule is O=C1CCC(N2C(=O)c3cccc(SCc4ccc(CCCN5CCOCC5)cc4)c3C2=O)C(=O)N1. The molecular formula is C27H29N3O5S. The third kappa shape index (κ3) is 5.23. The summed E-state index contributed by atoms with van der Waals surface area (Å²) in [7, 11) is 0. The number of fused-ring (bicyclic) bond motifs is 1. The van der Waals surface area contributed by atoms with Gasteiger partial charge >= 0.3 is 0 Å². The quantitative estimate of drug-likeness (QED) is 0.434. The summed E-state index contributed by atoms with van der Waals surface area (Å²) in [5.74, 6) is -1.27. The molecule has 1 N–H and O–H groups in total. The number of rotatable bonds is 8. The maximum absolute atomic E-state index is 13.2. The Kier molecular flexibility index (Phi) is 7.50. The lowest BCUT2D eigenvalue weighted by Gasteiger charge is -2.27. The Morgan fingerprint density at radius 1 is 0.944 bits per heavy atom. The Balaban J connectivity index is 1.20. The van der Waals surface area contributed by atoms with E-state index in [9.17, 15) is 19.2 Å². The van der Waals surface area contributed by atoms with Gasteiger partial charge in [0, 0.05) is 30.2 Å². The van der Waals surface area contributed by atoms with Gasteiger partial charge in [-0.25, -0.2) is 0 Å². The number of piperidine rings is 1. The normalized spacial score (nSPS) is 20.6. The van der Waals surface area contributed by atoms with Crippen LogP contribution in [0.5, 0.6) is 0 Å². The predicted octanol–water partition coefficient (Wildman–Crippen LogP) is 2.64. The number of benzene rings is 2. The number of nitrogens with one attached hydrogen (secondary N) is 1. The molecule has 1 atom stereocenters. The van der Waals surface area contributed by atoms with Gasteiger partial charge in [0.2, 0.25) is 11.8 Å². The molecule has 3 heterocycles. The van der Waals surface area contributed by atoms with Gasteiger partial charge in [0.15, 0.2) is 0 Å². The molecule has 4 amide bonds. The molecule has 0 bridgehead atoms. The summed E-state index contributed by atoms with van der Waals surface area (Å²) in [5, 5.41) is 2.23. The summed E-state index contributed by atoms with van der Waals surface area (Å²) >= 11 is 1.50. The third-order valence-corrected chi connectivity index (χ3v) is 8.02. The van der Waals surface area contributed by atoms with E-state index in [1.807, 2.05) is 6.07 Å². The van der Waals surface area contributed by atoms with E-state index in [0.29, 0.717) is 16.9 Å². The second kappa shape index (κ2) is 10.9. The monoisotopic (exact) mass is 507 g/mol. The maximum atomic E-state index is 13.2. The lowest BCUT2D eigenvalue weighted by molar-refractivity contribution is -0.136. The molecule has 0 radical (unpaired) electrons. The number of carbonyl (C=O) groups excluding carboxylic acids is 4. The summed E-state index contributed by atoms with van der Waals surface area (Å²) in [5.41, 5.74) is 3.09. The molecule has 1 unspecified atom stereocenters. The lowest BCUT2D eigenvalue weighted by Crippen LogP contribution is -2.54. The molecule has 8 nitrogen and oxygen atoms in total. The van der Waals surface area contributed by atoms with Crippen LogP contribution in [-0.4, -0.2) is 72.3 Å². The van der Waals surface area contributed by atoms with Gasteiger partial charge in [-0.1, -0.05) is 30.3 Å². The average Bonchev–Trinajstić information content (AvgIpc) is 3.14. The lowest BCUT2D eigenvalue weighted by atomic mass is 10.0. The van der Waals surface area contributed by atoms with E-state index in [1.54, 1.807) is 12.1 Å². The molecule has 0 saturated carbocycles. The molecule has 36 heavy (non-hydrogen) atoms. The Labute approximate surface area is 214 Å². The van der Waals surface area contributed by atoms with E-state index in [4.69, 9.17) is 4.74 Å². The average molecular weight is 508 g/mol. The van der Waals surface area contributed by atoms with E-state index in [1.165, 1.54) is 17.3 Å². The Morgan fingerprint density at radius 3 is 2.44 bits per heavy atom. The van der Waals surface area contributed by atoms with Gasteiger partial charge in [-0.2, -0.15) is 0 Å². The van der Waals surface area contributed by atoms with E-state index in [-0.39, 0.29) is 18.7 Å². The third-order valence-electron chi connectivity index (χ3n) is 6.89. The minimum atomic E-state index is -0.955. The van der Waals surface area contributed by atoms with E-state index in [2.05, 4.69) is 34.5 Å². The van der Waals surface area contributed by atoms with Crippen LogP contribution in [0.15, 0.2) is 47.4 Å². The van der Waals surface area contributed by atoms with Crippen molar-refractivity contribution in [3.8, 4) is 0 Å². The molecular weight excluding hydrogens is 478 g/mol. The summed E-state index contributed by atoms with van der Waals surface area (Å²) < 4.78 is 5.40. The molecule has 5 rings (SSSR count). The molecule has 3 aliphatic heterocycles. The van der Waals surface area contributed by atoms with Crippen LogP contribution < -0.4 is 5.32 Å². The number of thioether (sulfide) groups is 1. The summed E-state index contributed by atoms with van der Waals surface area (Å²) in [4.78, 5) is 54.2. The number of hydrogen-bond donors (Lipinski definition) is 1. The molecule has 2 saturated heterocycles. The first kappa shape index (κ1) is 24.7. The number of amides is 4. The van der Waals surface area contributed by atoms with Crippen LogP contribution in [0.4, 0.5) is 0 Å². The van der Waals surface area contributed by atoms with Crippen molar-refractivity contribution >= 4 is 35.4 Å². The van der Waals surface area contributed by atoms with Gasteiger partial charge in [-0.05, 0) is 49.1 Å². The molecule has 2 aromatic rings. The number of imide groups is 2. The first-order valence-electron chi connectivity index (χ1n) is 12.4. The van der Waals surface area contributed by atoms with Gasteiger partial charge < -0.3 is 4.74 Å². The van der Waals surface area contributed by atoms with Gasteiger partial charge in [-0.3, -0.25) is 34.3 Å². The van der Waals surface area contributed by atoms with E-state index >= 15 is 0 Å². The number of morpholine rings is 1. The highest BCUT2D eigenvalue weighted by molar-refractivity contribution is 7.98. The Bertz CT molecular complexity index is 1180. The smallest absolute Gasteiger partial charge is 0.263 e. The second-order valence-corrected chi connectivity index (χ2v) is 10.3. The highest BCUT2D eigenvalue weighted by Gasteiger charge is 2.45. The number of aryl methyl sites for hydroxylation is 1. The highest BCUT2D eigenvalue weighted by Crippen LogP contribution is 2.35. The van der Waals surface area contributed by atoms with Crippen LogP contribution in [0.2, 0.25) is 0 Å². The minimum Gasteiger partial charge on any atom is -0.379 e. The van der Waals surface area contributed by atoms with Crippen LogP contribution in [0.25, 0.3) is 0 Å². The molecule has 2 aromatic carbocycles. The van der Waals surface area contributed by atoms with Crippen molar-refractivity contribution in [1.82, 2.24) is 15.1 Å². The first-order valence-corrected chi connectivity index (χ1v) is 13.3. The van der Waals surface area contributed by atoms with Gasteiger partial charge in [0.25, 0.3) is 11.8 Å². The Morgan fingerprint density at radius 2 is 1.69 bits per heavy atom. The zero-order valence-corrected chi connectivity index (χ0v) is 20.9. The number of carbonyl (C=O) groups is 4.